The normalized spacial score (nSPS) is 22.2. The second kappa shape index (κ2) is 7.85. The Kier molecular flexibility index (Phi) is 5.56. The molecule has 3 rings (SSSR count). The smallest absolute Gasteiger partial charge is 0.317 e. The lowest BCUT2D eigenvalue weighted by atomic mass is 9.90. The minimum Gasteiger partial charge on any atom is -0.344 e. The standard InChI is InChI=1S/C19H26FN3O2/c1-22-13-16(6-7-18(22)24)21-19(25)23-10-8-14(9-11-23)12-15-4-2-3-5-17(15)20/h2-5,14,16H,6-13H2,1H3,(H,21,25)/t16-/m0/s1. The van der Waals surface area contributed by atoms with Crippen LogP contribution in [0.2, 0.25) is 0 Å². The monoisotopic (exact) mass is 347 g/mol. The molecule has 2 aliphatic rings. The Labute approximate surface area is 148 Å². The number of rotatable bonds is 3. The van der Waals surface area contributed by atoms with Crippen LogP contribution in [-0.4, -0.2) is 54.5 Å². The number of piperidine rings is 2. The van der Waals surface area contributed by atoms with Gasteiger partial charge in [-0.2, -0.15) is 0 Å². The number of nitrogens with zero attached hydrogens (tertiary/aromatic N) is 2. The average Bonchev–Trinajstić information content (AvgIpc) is 2.61. The van der Waals surface area contributed by atoms with Gasteiger partial charge in [-0.3, -0.25) is 4.79 Å². The third kappa shape index (κ3) is 4.50. The number of hydrogen-bond acceptors (Lipinski definition) is 2. The van der Waals surface area contributed by atoms with E-state index in [1.807, 2.05) is 17.0 Å². The second-order valence-corrected chi connectivity index (χ2v) is 7.19. The van der Waals surface area contributed by atoms with Crippen LogP contribution in [0.5, 0.6) is 0 Å². The van der Waals surface area contributed by atoms with Crippen molar-refractivity contribution in [2.24, 2.45) is 5.92 Å². The summed E-state index contributed by atoms with van der Waals surface area (Å²) in [6, 6.07) is 6.91. The fourth-order valence-corrected chi connectivity index (χ4v) is 3.71. The lowest BCUT2D eigenvalue weighted by Crippen LogP contribution is -2.53. The van der Waals surface area contributed by atoms with E-state index >= 15 is 0 Å². The van der Waals surface area contributed by atoms with Crippen molar-refractivity contribution in [2.45, 2.75) is 38.1 Å². The Hall–Kier alpha value is -2.11. The maximum Gasteiger partial charge on any atom is 0.317 e. The minimum atomic E-state index is -0.140. The molecule has 2 saturated heterocycles. The molecule has 0 spiro atoms. The number of halogens is 1. The molecule has 2 heterocycles. The number of likely N-dealkylation sites (tertiary alicyclic amines) is 2. The van der Waals surface area contributed by atoms with E-state index in [-0.39, 0.29) is 23.8 Å². The predicted octanol–water partition coefficient (Wildman–Crippen LogP) is 2.41. The maximum absolute atomic E-state index is 13.8. The van der Waals surface area contributed by atoms with Crippen molar-refractivity contribution in [1.29, 1.82) is 0 Å². The lowest BCUT2D eigenvalue weighted by Gasteiger charge is -2.35. The van der Waals surface area contributed by atoms with Crippen molar-refractivity contribution in [3.63, 3.8) is 0 Å². The molecule has 1 aromatic rings. The van der Waals surface area contributed by atoms with Crippen LogP contribution in [-0.2, 0) is 11.2 Å². The van der Waals surface area contributed by atoms with Crippen LogP contribution in [0.25, 0.3) is 0 Å². The Balaban J connectivity index is 1.45. The molecule has 1 aromatic carbocycles. The van der Waals surface area contributed by atoms with Gasteiger partial charge in [0.25, 0.3) is 0 Å². The molecule has 136 valence electrons. The molecule has 2 aliphatic heterocycles. The van der Waals surface area contributed by atoms with E-state index in [1.54, 1.807) is 18.0 Å². The summed E-state index contributed by atoms with van der Waals surface area (Å²) in [5.74, 6) is 0.414. The van der Waals surface area contributed by atoms with Gasteiger partial charge < -0.3 is 15.1 Å². The van der Waals surface area contributed by atoms with Gasteiger partial charge in [0, 0.05) is 39.1 Å². The highest BCUT2D eigenvalue weighted by Crippen LogP contribution is 2.23. The van der Waals surface area contributed by atoms with Crippen molar-refractivity contribution in [3.05, 3.63) is 35.6 Å². The molecule has 1 atom stereocenters. The molecule has 2 fully saturated rings. The van der Waals surface area contributed by atoms with Gasteiger partial charge in [-0.1, -0.05) is 18.2 Å². The molecular formula is C19H26FN3O2. The summed E-state index contributed by atoms with van der Waals surface area (Å²) in [5, 5.41) is 3.05. The second-order valence-electron chi connectivity index (χ2n) is 7.19. The quantitative estimate of drug-likeness (QED) is 0.913. The molecular weight excluding hydrogens is 321 g/mol. The molecule has 0 radical (unpaired) electrons. The molecule has 6 heteroatoms. The van der Waals surface area contributed by atoms with E-state index in [9.17, 15) is 14.0 Å². The van der Waals surface area contributed by atoms with Crippen molar-refractivity contribution < 1.29 is 14.0 Å². The molecule has 1 N–H and O–H groups in total. The highest BCUT2D eigenvalue weighted by Gasteiger charge is 2.28. The molecule has 0 bridgehead atoms. The summed E-state index contributed by atoms with van der Waals surface area (Å²) < 4.78 is 13.8. The fraction of sp³-hybridized carbons (Fsp3) is 0.579. The summed E-state index contributed by atoms with van der Waals surface area (Å²) in [6.45, 7) is 1.98. The van der Waals surface area contributed by atoms with Crippen molar-refractivity contribution >= 4 is 11.9 Å². The van der Waals surface area contributed by atoms with Crippen molar-refractivity contribution in [3.8, 4) is 0 Å². The SMILES string of the molecule is CN1C[C@@H](NC(=O)N2CCC(Cc3ccccc3F)CC2)CCC1=O. The van der Waals surface area contributed by atoms with Crippen LogP contribution >= 0.6 is 0 Å². The van der Waals surface area contributed by atoms with Crippen LogP contribution in [0, 0.1) is 11.7 Å². The van der Waals surface area contributed by atoms with Gasteiger partial charge in [0.05, 0.1) is 0 Å². The number of carbonyl (C=O) groups is 2. The Bertz CT molecular complexity index is 629. The van der Waals surface area contributed by atoms with E-state index in [0.717, 1.165) is 24.8 Å². The van der Waals surface area contributed by atoms with Crippen molar-refractivity contribution in [1.82, 2.24) is 15.1 Å². The van der Waals surface area contributed by atoms with E-state index in [4.69, 9.17) is 0 Å². The number of likely N-dealkylation sites (N-methyl/N-ethyl adjacent to an activating group) is 1. The summed E-state index contributed by atoms with van der Waals surface area (Å²) in [4.78, 5) is 27.5. The first-order chi connectivity index (χ1) is 12.0. The van der Waals surface area contributed by atoms with Crippen LogP contribution in [0.15, 0.2) is 24.3 Å². The third-order valence-electron chi connectivity index (χ3n) is 5.32. The zero-order valence-corrected chi connectivity index (χ0v) is 14.7. The van der Waals surface area contributed by atoms with E-state index < -0.39 is 0 Å². The Morgan fingerprint density at radius 3 is 2.64 bits per heavy atom. The molecule has 0 unspecified atom stereocenters. The number of nitrogens with one attached hydrogen (secondary N) is 1. The number of benzene rings is 1. The van der Waals surface area contributed by atoms with Gasteiger partial charge >= 0.3 is 6.03 Å². The van der Waals surface area contributed by atoms with Crippen LogP contribution < -0.4 is 5.32 Å². The fourth-order valence-electron chi connectivity index (χ4n) is 3.71. The molecule has 0 aliphatic carbocycles. The van der Waals surface area contributed by atoms with Gasteiger partial charge in [0.1, 0.15) is 5.82 Å². The predicted molar refractivity (Wildman–Crippen MR) is 93.6 cm³/mol. The summed E-state index contributed by atoms with van der Waals surface area (Å²) >= 11 is 0. The third-order valence-corrected chi connectivity index (χ3v) is 5.32. The maximum atomic E-state index is 13.8. The molecule has 0 saturated carbocycles. The van der Waals surface area contributed by atoms with Crippen LogP contribution in [0.3, 0.4) is 0 Å². The highest BCUT2D eigenvalue weighted by molar-refractivity contribution is 5.78. The van der Waals surface area contributed by atoms with E-state index in [2.05, 4.69) is 5.32 Å². The molecule has 5 nitrogen and oxygen atoms in total. The molecule has 25 heavy (non-hydrogen) atoms. The van der Waals surface area contributed by atoms with Crippen LogP contribution in [0.4, 0.5) is 9.18 Å². The van der Waals surface area contributed by atoms with Crippen LogP contribution in [0.1, 0.15) is 31.2 Å². The summed E-state index contributed by atoms with van der Waals surface area (Å²) in [7, 11) is 1.77. The molecule has 0 aromatic heterocycles. The number of hydrogen-bond donors (Lipinski definition) is 1. The van der Waals surface area contributed by atoms with Gasteiger partial charge in [0.15, 0.2) is 0 Å². The van der Waals surface area contributed by atoms with Gasteiger partial charge in [-0.05, 0) is 43.2 Å². The first-order valence-corrected chi connectivity index (χ1v) is 9.05. The van der Waals surface area contributed by atoms with Crippen molar-refractivity contribution in [2.75, 3.05) is 26.7 Å². The first-order valence-electron chi connectivity index (χ1n) is 9.05. The van der Waals surface area contributed by atoms with Gasteiger partial charge in [0.2, 0.25) is 5.91 Å². The number of carbonyl (C=O) groups excluding carboxylic acids is 2. The Morgan fingerprint density at radius 1 is 1.24 bits per heavy atom. The van der Waals surface area contributed by atoms with E-state index in [0.29, 0.717) is 38.4 Å². The average molecular weight is 347 g/mol. The van der Waals surface area contributed by atoms with E-state index in [1.165, 1.54) is 6.07 Å². The van der Waals surface area contributed by atoms with Gasteiger partial charge in [-0.25, -0.2) is 9.18 Å². The zero-order chi connectivity index (χ0) is 17.8. The number of urea groups is 1. The zero-order valence-electron chi connectivity index (χ0n) is 14.7. The highest BCUT2D eigenvalue weighted by atomic mass is 19.1. The topological polar surface area (TPSA) is 52.7 Å². The largest absolute Gasteiger partial charge is 0.344 e. The Morgan fingerprint density at radius 2 is 1.96 bits per heavy atom. The minimum absolute atomic E-state index is 0.0336. The molecule has 3 amide bonds. The lowest BCUT2D eigenvalue weighted by molar-refractivity contribution is -0.132. The number of amides is 3. The summed E-state index contributed by atoms with van der Waals surface area (Å²) in [5.41, 5.74) is 0.764. The first kappa shape index (κ1) is 17.7. The summed E-state index contributed by atoms with van der Waals surface area (Å²) in [6.07, 6.45) is 3.72. The van der Waals surface area contributed by atoms with Gasteiger partial charge in [-0.15, -0.1) is 0 Å².